The second kappa shape index (κ2) is 12.9. The van der Waals surface area contributed by atoms with Crippen molar-refractivity contribution in [2.45, 2.75) is 40.0 Å². The largest absolute Gasteiger partial charge is 0.380 e. The van der Waals surface area contributed by atoms with Crippen molar-refractivity contribution >= 4 is 11.4 Å². The maximum atomic E-state index is 12.1. The van der Waals surface area contributed by atoms with Gasteiger partial charge in [0.1, 0.15) is 11.4 Å². The van der Waals surface area contributed by atoms with E-state index in [4.69, 9.17) is 0 Å². The van der Waals surface area contributed by atoms with Gasteiger partial charge in [-0.15, -0.1) is 0 Å². The molecule has 0 amide bonds. The van der Waals surface area contributed by atoms with Gasteiger partial charge in [-0.05, 0) is 60.5 Å². The van der Waals surface area contributed by atoms with Crippen LogP contribution in [0.2, 0.25) is 0 Å². The van der Waals surface area contributed by atoms with Gasteiger partial charge >= 0.3 is 0 Å². The Kier molecular flexibility index (Phi) is 12.2. The summed E-state index contributed by atoms with van der Waals surface area (Å²) in [5.74, 6) is 0. The summed E-state index contributed by atoms with van der Waals surface area (Å²) in [5, 5.41) is 3.12. The maximum Gasteiger partial charge on any atom is 0.253 e. The molecule has 0 spiro atoms. The van der Waals surface area contributed by atoms with Crippen molar-refractivity contribution in [3.8, 4) is 0 Å². The quantitative estimate of drug-likeness (QED) is 0.578. The van der Waals surface area contributed by atoms with Crippen LogP contribution >= 0.6 is 0 Å². The van der Waals surface area contributed by atoms with Gasteiger partial charge in [0.25, 0.3) is 10.9 Å². The molecule has 0 radical (unpaired) electrons. The average Bonchev–Trinajstić information content (AvgIpc) is 2.58. The van der Waals surface area contributed by atoms with Gasteiger partial charge in [0.05, 0.1) is 0 Å². The van der Waals surface area contributed by atoms with Crippen LogP contribution < -0.4 is 21.1 Å². The van der Waals surface area contributed by atoms with E-state index in [1.54, 1.807) is 0 Å². The smallest absolute Gasteiger partial charge is 0.253 e. The summed E-state index contributed by atoms with van der Waals surface area (Å²) in [4.78, 5) is 30.3. The SMILES string of the molecule is CC.CCCNc1c(N(CCCN(C)C)CCCN(C)C)c(=O)c1=O. The predicted molar refractivity (Wildman–Crippen MR) is 110 cm³/mol. The molecule has 6 heteroatoms. The van der Waals surface area contributed by atoms with E-state index in [-0.39, 0.29) is 10.9 Å². The summed E-state index contributed by atoms with van der Waals surface area (Å²) in [6, 6.07) is 0. The Hall–Kier alpha value is -1.40. The molecule has 1 aromatic rings. The Morgan fingerprint density at radius 1 is 0.800 bits per heavy atom. The van der Waals surface area contributed by atoms with Crippen LogP contribution in [0.25, 0.3) is 0 Å². The fourth-order valence-electron chi connectivity index (χ4n) is 2.59. The highest BCUT2D eigenvalue weighted by Crippen LogP contribution is 2.20. The van der Waals surface area contributed by atoms with Crippen molar-refractivity contribution in [3.63, 3.8) is 0 Å². The molecule has 0 fully saturated rings. The van der Waals surface area contributed by atoms with E-state index in [1.165, 1.54) is 0 Å². The zero-order chi connectivity index (χ0) is 19.4. The third-order valence-electron chi connectivity index (χ3n) is 3.82. The molecule has 0 aliphatic rings. The van der Waals surface area contributed by atoms with Crippen molar-refractivity contribution in [1.29, 1.82) is 0 Å². The summed E-state index contributed by atoms with van der Waals surface area (Å²) in [6.45, 7) is 10.3. The van der Waals surface area contributed by atoms with Crippen molar-refractivity contribution < 1.29 is 0 Å². The molecule has 0 unspecified atom stereocenters. The van der Waals surface area contributed by atoms with E-state index in [2.05, 4.69) is 20.0 Å². The average molecular weight is 355 g/mol. The fourth-order valence-corrected chi connectivity index (χ4v) is 2.59. The lowest BCUT2D eigenvalue weighted by Gasteiger charge is -2.29. The fraction of sp³-hybridized carbons (Fsp3) is 0.789. The predicted octanol–water partition coefficient (Wildman–Crippen LogP) is 1.84. The molecule has 0 heterocycles. The van der Waals surface area contributed by atoms with Gasteiger partial charge in [0, 0.05) is 19.6 Å². The maximum absolute atomic E-state index is 12.1. The molecular formula is C19H38N4O2. The zero-order valence-corrected chi connectivity index (χ0v) is 17.3. The molecule has 0 saturated carbocycles. The molecule has 1 N–H and O–H groups in total. The summed E-state index contributed by atoms with van der Waals surface area (Å²) in [5.41, 5.74) is 0.421. The second-order valence-electron chi connectivity index (χ2n) is 6.61. The number of hydrogen-bond donors (Lipinski definition) is 1. The van der Waals surface area contributed by atoms with Gasteiger partial charge in [-0.3, -0.25) is 9.59 Å². The summed E-state index contributed by atoms with van der Waals surface area (Å²) in [6.07, 6.45) is 2.88. The Labute approximate surface area is 153 Å². The molecule has 0 aromatic heterocycles. The van der Waals surface area contributed by atoms with Crippen molar-refractivity contribution in [2.75, 3.05) is 71.1 Å². The lowest BCUT2D eigenvalue weighted by Crippen LogP contribution is -2.44. The molecule has 0 atom stereocenters. The number of anilines is 2. The molecule has 0 aliphatic heterocycles. The van der Waals surface area contributed by atoms with Gasteiger partial charge in [0.2, 0.25) is 0 Å². The topological polar surface area (TPSA) is 55.9 Å². The van der Waals surface area contributed by atoms with E-state index >= 15 is 0 Å². The zero-order valence-electron chi connectivity index (χ0n) is 17.3. The molecule has 6 nitrogen and oxygen atoms in total. The Morgan fingerprint density at radius 3 is 1.68 bits per heavy atom. The van der Waals surface area contributed by atoms with Gasteiger partial charge in [-0.1, -0.05) is 20.8 Å². The van der Waals surface area contributed by atoms with Crippen LogP contribution in [0, 0.1) is 0 Å². The van der Waals surface area contributed by atoms with Crippen LogP contribution in [0.15, 0.2) is 9.59 Å². The van der Waals surface area contributed by atoms with Gasteiger partial charge in [-0.25, -0.2) is 0 Å². The number of hydrogen-bond acceptors (Lipinski definition) is 6. The van der Waals surface area contributed by atoms with Gasteiger partial charge in [-0.2, -0.15) is 0 Å². The van der Waals surface area contributed by atoms with Crippen LogP contribution in [-0.4, -0.2) is 70.7 Å². The summed E-state index contributed by atoms with van der Waals surface area (Å²) in [7, 11) is 8.17. The first-order valence-electron chi connectivity index (χ1n) is 9.50. The Bertz CT molecular complexity index is 520. The van der Waals surface area contributed by atoms with Crippen LogP contribution in [0.3, 0.4) is 0 Å². The highest BCUT2D eigenvalue weighted by Gasteiger charge is 2.25. The third kappa shape index (κ3) is 8.01. The standard InChI is InChI=1S/C17H32N4O2.C2H6/c1-6-9-18-14-15(17(23)16(14)22)21(12-7-10-19(2)3)13-8-11-20(4)5;1-2/h18H,6-13H2,1-5H3;1-2H3. The molecule has 0 saturated heterocycles. The highest BCUT2D eigenvalue weighted by atomic mass is 16.2. The van der Waals surface area contributed by atoms with Crippen molar-refractivity contribution in [3.05, 3.63) is 20.4 Å². The first kappa shape index (κ1) is 23.6. The minimum Gasteiger partial charge on any atom is -0.380 e. The van der Waals surface area contributed by atoms with E-state index in [0.717, 1.165) is 52.0 Å². The minimum absolute atomic E-state index is 0.335. The minimum atomic E-state index is -0.362. The van der Waals surface area contributed by atoms with E-state index in [0.29, 0.717) is 11.4 Å². The van der Waals surface area contributed by atoms with E-state index in [1.807, 2.05) is 49.0 Å². The van der Waals surface area contributed by atoms with Crippen LogP contribution in [0.4, 0.5) is 11.4 Å². The van der Waals surface area contributed by atoms with Crippen molar-refractivity contribution in [2.24, 2.45) is 0 Å². The second-order valence-corrected chi connectivity index (χ2v) is 6.61. The van der Waals surface area contributed by atoms with Crippen LogP contribution in [0.1, 0.15) is 40.0 Å². The number of nitrogens with one attached hydrogen (secondary N) is 1. The van der Waals surface area contributed by atoms with E-state index in [9.17, 15) is 9.59 Å². The molecular weight excluding hydrogens is 316 g/mol. The number of nitrogens with zero attached hydrogens (tertiary/aromatic N) is 3. The lowest BCUT2D eigenvalue weighted by molar-refractivity contribution is 0.390. The first-order chi connectivity index (χ1) is 11.9. The Balaban J connectivity index is 0.00000277. The molecule has 0 aliphatic carbocycles. The number of rotatable bonds is 12. The molecule has 1 rings (SSSR count). The molecule has 146 valence electrons. The highest BCUT2D eigenvalue weighted by molar-refractivity contribution is 5.75. The first-order valence-corrected chi connectivity index (χ1v) is 9.50. The monoisotopic (exact) mass is 354 g/mol. The molecule has 0 bridgehead atoms. The summed E-state index contributed by atoms with van der Waals surface area (Å²) < 4.78 is 0. The Morgan fingerprint density at radius 2 is 1.28 bits per heavy atom. The van der Waals surface area contributed by atoms with E-state index < -0.39 is 0 Å². The summed E-state index contributed by atoms with van der Waals surface area (Å²) >= 11 is 0. The van der Waals surface area contributed by atoms with Gasteiger partial charge < -0.3 is 20.0 Å². The third-order valence-corrected chi connectivity index (χ3v) is 3.82. The van der Waals surface area contributed by atoms with Crippen LogP contribution in [0.5, 0.6) is 0 Å². The van der Waals surface area contributed by atoms with Crippen molar-refractivity contribution in [1.82, 2.24) is 9.80 Å². The van der Waals surface area contributed by atoms with Crippen LogP contribution in [-0.2, 0) is 0 Å². The van der Waals surface area contributed by atoms with Gasteiger partial charge in [0.15, 0.2) is 0 Å². The molecule has 1 aromatic carbocycles. The molecule has 25 heavy (non-hydrogen) atoms. The lowest BCUT2D eigenvalue weighted by atomic mass is 10.1. The normalized spacial score (nSPS) is 10.9.